The second-order valence-corrected chi connectivity index (χ2v) is 7.22. The quantitative estimate of drug-likeness (QED) is 0.339. The Labute approximate surface area is 179 Å². The lowest BCUT2D eigenvalue weighted by Gasteiger charge is -2.04. The van der Waals surface area contributed by atoms with Crippen LogP contribution in [0.4, 0.5) is 0 Å². The number of aromatic nitrogens is 2. The minimum absolute atomic E-state index is 0.432. The largest absolute Gasteiger partial charge is 0.240 e. The van der Waals surface area contributed by atoms with Crippen molar-refractivity contribution in [1.29, 1.82) is 5.26 Å². The van der Waals surface area contributed by atoms with Crippen molar-refractivity contribution in [3.63, 3.8) is 0 Å². The number of hydrogen-bond donors (Lipinski definition) is 0. The van der Waals surface area contributed by atoms with Gasteiger partial charge >= 0.3 is 0 Å². The van der Waals surface area contributed by atoms with Crippen LogP contribution < -0.4 is 0 Å². The summed E-state index contributed by atoms with van der Waals surface area (Å²) < 4.78 is 1.81. The molecular formula is C24H15Cl2N3. The molecule has 0 aliphatic carbocycles. The molecule has 3 nitrogen and oxygen atoms in total. The highest BCUT2D eigenvalue weighted by Gasteiger charge is 2.14. The fourth-order valence-electron chi connectivity index (χ4n) is 3.06. The molecule has 0 unspecified atom stereocenters. The van der Waals surface area contributed by atoms with Crippen molar-refractivity contribution in [2.24, 2.45) is 0 Å². The summed E-state index contributed by atoms with van der Waals surface area (Å²) in [5.74, 6) is 0. The molecule has 0 aliphatic rings. The van der Waals surface area contributed by atoms with Crippen LogP contribution in [0.5, 0.6) is 0 Å². The van der Waals surface area contributed by atoms with Gasteiger partial charge in [0.15, 0.2) is 0 Å². The number of hydrogen-bond acceptors (Lipinski definition) is 2. The van der Waals surface area contributed by atoms with Gasteiger partial charge in [-0.3, -0.25) is 0 Å². The number of halogens is 2. The van der Waals surface area contributed by atoms with Crippen LogP contribution in [0.3, 0.4) is 0 Å². The van der Waals surface area contributed by atoms with E-state index < -0.39 is 0 Å². The molecule has 0 radical (unpaired) electrons. The molecular weight excluding hydrogens is 401 g/mol. The van der Waals surface area contributed by atoms with Crippen molar-refractivity contribution in [2.45, 2.75) is 0 Å². The lowest BCUT2D eigenvalue weighted by Crippen LogP contribution is -1.93. The third-order valence-corrected chi connectivity index (χ3v) is 5.00. The third-order valence-electron chi connectivity index (χ3n) is 4.45. The summed E-state index contributed by atoms with van der Waals surface area (Å²) in [7, 11) is 0. The van der Waals surface area contributed by atoms with E-state index >= 15 is 0 Å². The maximum atomic E-state index is 9.78. The molecule has 0 fully saturated rings. The molecule has 0 saturated heterocycles. The first-order valence-electron chi connectivity index (χ1n) is 8.93. The van der Waals surface area contributed by atoms with Gasteiger partial charge in [-0.1, -0.05) is 77.8 Å². The highest BCUT2D eigenvalue weighted by Crippen LogP contribution is 2.31. The Morgan fingerprint density at radius 1 is 0.931 bits per heavy atom. The van der Waals surface area contributed by atoms with Gasteiger partial charge in [-0.25, -0.2) is 4.68 Å². The lowest BCUT2D eigenvalue weighted by molar-refractivity contribution is 0.884. The first-order valence-corrected chi connectivity index (χ1v) is 9.69. The van der Waals surface area contributed by atoms with Crippen LogP contribution in [-0.4, -0.2) is 9.78 Å². The highest BCUT2D eigenvalue weighted by atomic mass is 35.5. The van der Waals surface area contributed by atoms with Gasteiger partial charge in [0.2, 0.25) is 0 Å². The summed E-state index contributed by atoms with van der Waals surface area (Å²) in [5, 5.41) is 15.5. The molecule has 0 spiro atoms. The zero-order valence-corrected chi connectivity index (χ0v) is 16.8. The van der Waals surface area contributed by atoms with E-state index in [0.29, 0.717) is 21.2 Å². The molecule has 140 valence electrons. The molecule has 0 atom stereocenters. The van der Waals surface area contributed by atoms with Crippen LogP contribution in [0, 0.1) is 11.3 Å². The molecule has 0 amide bonds. The Kier molecular flexibility index (Phi) is 5.48. The van der Waals surface area contributed by atoms with Gasteiger partial charge in [-0.2, -0.15) is 10.4 Å². The fourth-order valence-corrected chi connectivity index (χ4v) is 3.57. The number of nitriles is 1. The van der Waals surface area contributed by atoms with E-state index in [2.05, 4.69) is 6.07 Å². The minimum Gasteiger partial charge on any atom is -0.240 e. The van der Waals surface area contributed by atoms with Crippen LogP contribution in [0.2, 0.25) is 10.0 Å². The van der Waals surface area contributed by atoms with E-state index in [0.717, 1.165) is 22.5 Å². The molecule has 3 aromatic carbocycles. The van der Waals surface area contributed by atoms with Crippen molar-refractivity contribution in [3.05, 3.63) is 106 Å². The zero-order valence-electron chi connectivity index (χ0n) is 15.3. The first kappa shape index (κ1) is 19.0. The topological polar surface area (TPSA) is 41.6 Å². The van der Waals surface area contributed by atoms with Crippen LogP contribution in [0.1, 0.15) is 11.1 Å². The summed E-state index contributed by atoms with van der Waals surface area (Å²) in [4.78, 5) is 0. The lowest BCUT2D eigenvalue weighted by atomic mass is 10.0. The Hall–Kier alpha value is -3.32. The zero-order chi connectivity index (χ0) is 20.2. The van der Waals surface area contributed by atoms with Crippen molar-refractivity contribution in [3.8, 4) is 23.0 Å². The van der Waals surface area contributed by atoms with Gasteiger partial charge in [0, 0.05) is 27.9 Å². The summed E-state index contributed by atoms with van der Waals surface area (Å²) >= 11 is 12.3. The molecule has 5 heteroatoms. The average molecular weight is 416 g/mol. The van der Waals surface area contributed by atoms with Crippen LogP contribution in [0.15, 0.2) is 85.1 Å². The molecule has 0 bridgehead atoms. The Bertz CT molecular complexity index is 1220. The molecule has 1 heterocycles. The van der Waals surface area contributed by atoms with Gasteiger partial charge in [0.05, 0.1) is 28.0 Å². The number of benzene rings is 3. The summed E-state index contributed by atoms with van der Waals surface area (Å²) in [5.41, 5.74) is 4.58. The molecule has 0 saturated carbocycles. The van der Waals surface area contributed by atoms with Gasteiger partial charge < -0.3 is 0 Å². The van der Waals surface area contributed by atoms with Crippen LogP contribution in [0.25, 0.3) is 28.6 Å². The van der Waals surface area contributed by atoms with Gasteiger partial charge in [-0.05, 0) is 30.3 Å². The molecule has 1 aromatic heterocycles. The van der Waals surface area contributed by atoms with Crippen LogP contribution in [-0.2, 0) is 0 Å². The maximum absolute atomic E-state index is 9.78. The van der Waals surface area contributed by atoms with E-state index in [1.165, 1.54) is 0 Å². The highest BCUT2D eigenvalue weighted by molar-refractivity contribution is 6.36. The number of allylic oxidation sites excluding steroid dienone is 1. The monoisotopic (exact) mass is 415 g/mol. The van der Waals surface area contributed by atoms with Crippen molar-refractivity contribution in [2.75, 3.05) is 0 Å². The number of para-hydroxylation sites is 1. The number of rotatable bonds is 4. The van der Waals surface area contributed by atoms with E-state index in [-0.39, 0.29) is 0 Å². The minimum atomic E-state index is 0.432. The molecule has 0 aliphatic heterocycles. The summed E-state index contributed by atoms with van der Waals surface area (Å²) in [6, 6.07) is 27.1. The van der Waals surface area contributed by atoms with E-state index in [1.807, 2.05) is 77.6 Å². The van der Waals surface area contributed by atoms with Gasteiger partial charge in [0.1, 0.15) is 0 Å². The second-order valence-electron chi connectivity index (χ2n) is 6.37. The Morgan fingerprint density at radius 2 is 1.62 bits per heavy atom. The third kappa shape index (κ3) is 4.09. The van der Waals surface area contributed by atoms with Crippen molar-refractivity contribution in [1.82, 2.24) is 9.78 Å². The van der Waals surface area contributed by atoms with Crippen molar-refractivity contribution >= 4 is 34.9 Å². The normalized spacial score (nSPS) is 11.3. The second kappa shape index (κ2) is 8.36. The molecule has 4 aromatic rings. The van der Waals surface area contributed by atoms with E-state index in [9.17, 15) is 5.26 Å². The fraction of sp³-hybridized carbons (Fsp3) is 0. The van der Waals surface area contributed by atoms with Gasteiger partial charge in [-0.15, -0.1) is 0 Å². The standard InChI is InChI=1S/C24H15Cl2N3/c25-20-11-12-22(23(26)14-20)18(15-27)13-19-16-29(21-9-5-2-6-10-21)28-24(19)17-7-3-1-4-8-17/h1-14,16H. The predicted octanol–water partition coefficient (Wildman–Crippen LogP) is 6.91. The van der Waals surface area contributed by atoms with Gasteiger partial charge in [0.25, 0.3) is 0 Å². The maximum Gasteiger partial charge on any atom is 0.1000 e. The smallest absolute Gasteiger partial charge is 0.1000 e. The Balaban J connectivity index is 1.88. The predicted molar refractivity (Wildman–Crippen MR) is 119 cm³/mol. The molecule has 4 rings (SSSR count). The summed E-state index contributed by atoms with van der Waals surface area (Å²) in [6.45, 7) is 0. The molecule has 29 heavy (non-hydrogen) atoms. The van der Waals surface area contributed by atoms with Crippen molar-refractivity contribution < 1.29 is 0 Å². The average Bonchev–Trinajstić information content (AvgIpc) is 3.18. The van der Waals surface area contributed by atoms with E-state index in [4.69, 9.17) is 28.3 Å². The van der Waals surface area contributed by atoms with E-state index in [1.54, 1.807) is 18.2 Å². The van der Waals surface area contributed by atoms with Crippen LogP contribution >= 0.6 is 23.2 Å². The number of nitrogens with zero attached hydrogens (tertiary/aromatic N) is 3. The summed E-state index contributed by atoms with van der Waals surface area (Å²) in [6.07, 6.45) is 3.72. The molecule has 0 N–H and O–H groups in total. The Morgan fingerprint density at radius 3 is 2.28 bits per heavy atom. The SMILES string of the molecule is N#CC(=Cc1cn(-c2ccccc2)nc1-c1ccccc1)c1ccc(Cl)cc1Cl. The first-order chi connectivity index (χ1) is 14.2.